The van der Waals surface area contributed by atoms with Crippen molar-refractivity contribution in [3.8, 4) is 0 Å². The molecule has 5 nitrogen and oxygen atoms in total. The molecule has 1 atom stereocenters. The second-order valence-corrected chi connectivity index (χ2v) is 7.48. The van der Waals surface area contributed by atoms with Gasteiger partial charge in [0.15, 0.2) is 0 Å². The molecule has 0 aromatic heterocycles. The predicted molar refractivity (Wildman–Crippen MR) is 86.5 cm³/mol. The van der Waals surface area contributed by atoms with E-state index in [-0.39, 0.29) is 10.7 Å². The number of hydrogen-bond acceptors (Lipinski definition) is 4. The Kier molecular flexibility index (Phi) is 5.69. The van der Waals surface area contributed by atoms with Gasteiger partial charge in [0, 0.05) is 25.3 Å². The van der Waals surface area contributed by atoms with Crippen molar-refractivity contribution in [2.45, 2.75) is 18.6 Å². The Labute approximate surface area is 130 Å². The molecule has 0 bridgehead atoms. The first-order valence-electron chi connectivity index (χ1n) is 6.90. The lowest BCUT2D eigenvalue weighted by Gasteiger charge is -2.10. The minimum atomic E-state index is -3.34. The Morgan fingerprint density at radius 3 is 2.95 bits per heavy atom. The van der Waals surface area contributed by atoms with E-state index in [0.717, 1.165) is 26.1 Å². The van der Waals surface area contributed by atoms with Gasteiger partial charge >= 0.3 is 0 Å². The van der Waals surface area contributed by atoms with Gasteiger partial charge in [-0.25, -0.2) is 13.1 Å². The van der Waals surface area contributed by atoms with E-state index in [9.17, 15) is 8.42 Å². The molecule has 2 rings (SSSR count). The molecule has 1 heterocycles. The summed E-state index contributed by atoms with van der Waals surface area (Å²) >= 11 is 4.90. The first kappa shape index (κ1) is 16.4. The summed E-state index contributed by atoms with van der Waals surface area (Å²) in [7, 11) is -3.34. The van der Waals surface area contributed by atoms with Crippen LogP contribution in [0.15, 0.2) is 24.3 Å². The van der Waals surface area contributed by atoms with E-state index in [0.29, 0.717) is 23.6 Å². The number of nitrogens with one attached hydrogen (secondary N) is 1. The molecule has 1 aromatic carbocycles. The van der Waals surface area contributed by atoms with Crippen LogP contribution in [0.4, 0.5) is 0 Å². The zero-order chi connectivity index (χ0) is 15.3. The van der Waals surface area contributed by atoms with Crippen molar-refractivity contribution in [1.29, 1.82) is 0 Å². The molecule has 1 unspecified atom stereocenters. The van der Waals surface area contributed by atoms with Crippen LogP contribution >= 0.6 is 12.2 Å². The normalized spacial score (nSPS) is 18.8. The van der Waals surface area contributed by atoms with E-state index in [1.165, 1.54) is 0 Å². The lowest BCUT2D eigenvalue weighted by molar-refractivity contribution is 0.184. The Bertz CT molecular complexity index is 596. The summed E-state index contributed by atoms with van der Waals surface area (Å²) < 4.78 is 32.0. The molecule has 1 fully saturated rings. The second-order valence-electron chi connectivity index (χ2n) is 5.24. The van der Waals surface area contributed by atoms with Crippen molar-refractivity contribution < 1.29 is 13.2 Å². The van der Waals surface area contributed by atoms with Gasteiger partial charge < -0.3 is 10.5 Å². The lowest BCUT2D eigenvalue weighted by Crippen LogP contribution is -2.27. The van der Waals surface area contributed by atoms with Gasteiger partial charge in [0.1, 0.15) is 4.99 Å². The average Bonchev–Trinajstić information content (AvgIpc) is 2.91. The minimum absolute atomic E-state index is 0.0649. The number of sulfonamides is 1. The summed E-state index contributed by atoms with van der Waals surface area (Å²) in [6.07, 6.45) is 1.82. The zero-order valence-electron chi connectivity index (χ0n) is 11.7. The zero-order valence-corrected chi connectivity index (χ0v) is 13.4. The van der Waals surface area contributed by atoms with E-state index >= 15 is 0 Å². The lowest BCUT2D eigenvalue weighted by atomic mass is 10.1. The van der Waals surface area contributed by atoms with Gasteiger partial charge in [-0.1, -0.05) is 30.4 Å². The smallest absolute Gasteiger partial charge is 0.215 e. The van der Waals surface area contributed by atoms with Gasteiger partial charge in [0.2, 0.25) is 10.0 Å². The van der Waals surface area contributed by atoms with Crippen LogP contribution in [-0.4, -0.2) is 33.2 Å². The molecule has 1 aromatic rings. The maximum Gasteiger partial charge on any atom is 0.215 e. The molecule has 116 valence electrons. The Hall–Kier alpha value is -1.02. The Balaban J connectivity index is 1.87. The van der Waals surface area contributed by atoms with Gasteiger partial charge in [-0.05, 0) is 30.4 Å². The van der Waals surface area contributed by atoms with Crippen LogP contribution in [0.3, 0.4) is 0 Å². The van der Waals surface area contributed by atoms with Crippen molar-refractivity contribution in [2.75, 3.05) is 19.8 Å². The maximum absolute atomic E-state index is 12.0. The fourth-order valence-electron chi connectivity index (χ4n) is 2.31. The molecule has 21 heavy (non-hydrogen) atoms. The molecule has 1 aliphatic heterocycles. The Morgan fingerprint density at radius 2 is 2.29 bits per heavy atom. The number of thiocarbonyl (C=S) groups is 1. The molecular weight excluding hydrogens is 308 g/mol. The summed E-state index contributed by atoms with van der Waals surface area (Å²) in [5.41, 5.74) is 6.91. The first-order chi connectivity index (χ1) is 9.96. The van der Waals surface area contributed by atoms with Crippen LogP contribution in [0.2, 0.25) is 0 Å². The molecule has 1 aliphatic rings. The largest absolute Gasteiger partial charge is 0.389 e. The fourth-order valence-corrected chi connectivity index (χ4v) is 3.59. The average molecular weight is 328 g/mol. The second kappa shape index (κ2) is 7.31. The molecule has 0 radical (unpaired) electrons. The van der Waals surface area contributed by atoms with Crippen LogP contribution in [0.1, 0.15) is 24.0 Å². The molecule has 0 saturated carbocycles. The number of nitrogens with two attached hydrogens (primary N) is 1. The first-order valence-corrected chi connectivity index (χ1v) is 8.96. The topological polar surface area (TPSA) is 81.4 Å². The van der Waals surface area contributed by atoms with Crippen molar-refractivity contribution >= 4 is 27.2 Å². The number of rotatable bonds is 7. The highest BCUT2D eigenvalue weighted by atomic mass is 32.2. The van der Waals surface area contributed by atoms with E-state index < -0.39 is 10.0 Å². The molecule has 3 N–H and O–H groups in total. The predicted octanol–water partition coefficient (Wildman–Crippen LogP) is 1.17. The molecule has 0 amide bonds. The highest BCUT2D eigenvalue weighted by Crippen LogP contribution is 2.15. The van der Waals surface area contributed by atoms with Crippen molar-refractivity contribution in [2.24, 2.45) is 11.7 Å². The van der Waals surface area contributed by atoms with Gasteiger partial charge in [-0.3, -0.25) is 0 Å². The third kappa shape index (κ3) is 5.35. The number of hydrogen-bond donors (Lipinski definition) is 2. The third-order valence-electron chi connectivity index (χ3n) is 3.47. The maximum atomic E-state index is 12.0. The summed E-state index contributed by atoms with van der Waals surface area (Å²) in [5.74, 6) is 0.399. The monoisotopic (exact) mass is 328 g/mol. The summed E-state index contributed by atoms with van der Waals surface area (Å²) in [6, 6.07) is 7.00. The number of benzene rings is 1. The third-order valence-corrected chi connectivity index (χ3v) is 5.06. The highest BCUT2D eigenvalue weighted by molar-refractivity contribution is 7.88. The number of ether oxygens (including phenoxy) is 1. The van der Waals surface area contributed by atoms with Gasteiger partial charge in [-0.2, -0.15) is 0 Å². The molecule has 0 spiro atoms. The standard InChI is InChI=1S/C14H20N2O3S2/c15-14(20)13-3-1-2-12(8-13)10-21(17,18)16-6-4-11-5-7-19-9-11/h1-3,8,11,16H,4-7,9-10H2,(H2,15,20). The van der Waals surface area contributed by atoms with Gasteiger partial charge in [0.25, 0.3) is 0 Å². The van der Waals surface area contributed by atoms with E-state index in [1.807, 2.05) is 0 Å². The highest BCUT2D eigenvalue weighted by Gasteiger charge is 2.17. The van der Waals surface area contributed by atoms with Crippen molar-refractivity contribution in [1.82, 2.24) is 4.72 Å². The fraction of sp³-hybridized carbons (Fsp3) is 0.500. The molecule has 7 heteroatoms. The summed E-state index contributed by atoms with van der Waals surface area (Å²) in [4.78, 5) is 0.267. The van der Waals surface area contributed by atoms with Crippen LogP contribution in [0.25, 0.3) is 0 Å². The van der Waals surface area contributed by atoms with Gasteiger partial charge in [-0.15, -0.1) is 0 Å². The van der Waals surface area contributed by atoms with Crippen molar-refractivity contribution in [3.05, 3.63) is 35.4 Å². The molecule has 0 aliphatic carbocycles. The van der Waals surface area contributed by atoms with Crippen molar-refractivity contribution in [3.63, 3.8) is 0 Å². The summed E-state index contributed by atoms with van der Waals surface area (Å²) in [5, 5.41) is 0. The molecule has 1 saturated heterocycles. The minimum Gasteiger partial charge on any atom is -0.389 e. The van der Waals surface area contributed by atoms with Crippen LogP contribution in [0, 0.1) is 5.92 Å². The van der Waals surface area contributed by atoms with E-state index in [4.69, 9.17) is 22.7 Å². The molecular formula is C14H20N2O3S2. The SMILES string of the molecule is NC(=S)c1cccc(CS(=O)(=O)NCCC2CCOC2)c1. The summed E-state index contributed by atoms with van der Waals surface area (Å²) in [6.45, 7) is 1.96. The van der Waals surface area contributed by atoms with Crippen LogP contribution in [-0.2, 0) is 20.5 Å². The van der Waals surface area contributed by atoms with E-state index in [2.05, 4.69) is 4.72 Å². The quantitative estimate of drug-likeness (QED) is 0.734. The van der Waals surface area contributed by atoms with E-state index in [1.54, 1.807) is 24.3 Å². The van der Waals surface area contributed by atoms with Gasteiger partial charge in [0.05, 0.1) is 5.75 Å². The van der Waals surface area contributed by atoms with Crippen LogP contribution < -0.4 is 10.5 Å². The van der Waals surface area contributed by atoms with Crippen LogP contribution in [0.5, 0.6) is 0 Å². The Morgan fingerprint density at radius 1 is 1.48 bits per heavy atom.